The van der Waals surface area contributed by atoms with E-state index in [4.69, 9.17) is 11.6 Å². The Kier molecular flexibility index (Phi) is 9.32. The monoisotopic (exact) mass is 595 g/mol. The van der Waals surface area contributed by atoms with Gasteiger partial charge in [0.05, 0.1) is 21.8 Å². The molecule has 38 heavy (non-hydrogen) atoms. The van der Waals surface area contributed by atoms with Crippen molar-refractivity contribution in [2.45, 2.75) is 50.2 Å². The van der Waals surface area contributed by atoms with Crippen molar-refractivity contribution in [3.63, 3.8) is 0 Å². The SMILES string of the molecule is CN1CCc2nc(C(=O)N[C@@H]3C[C@H](c4nccs4)CC[C@@H]3NC(=O)C(=O)Nc3ccc(Cl)cn3)sc2C1.Cl. The third-order valence-electron chi connectivity index (χ3n) is 6.58. The fourth-order valence-corrected chi connectivity index (χ4v) is 6.66. The van der Waals surface area contributed by atoms with E-state index < -0.39 is 17.9 Å². The van der Waals surface area contributed by atoms with Gasteiger partial charge in [-0.05, 0) is 38.4 Å². The first-order valence-corrected chi connectivity index (χ1v) is 14.0. The van der Waals surface area contributed by atoms with Gasteiger partial charge in [-0.3, -0.25) is 14.4 Å². The van der Waals surface area contributed by atoms with Crippen molar-refractivity contribution in [1.29, 1.82) is 0 Å². The van der Waals surface area contributed by atoms with Gasteiger partial charge < -0.3 is 20.9 Å². The summed E-state index contributed by atoms with van der Waals surface area (Å²) >= 11 is 8.82. The molecule has 14 heteroatoms. The van der Waals surface area contributed by atoms with Crippen LogP contribution in [-0.4, -0.2) is 63.2 Å². The molecule has 4 heterocycles. The van der Waals surface area contributed by atoms with E-state index in [2.05, 4.69) is 42.8 Å². The number of carbonyl (C=O) groups is 3. The molecule has 10 nitrogen and oxygen atoms in total. The van der Waals surface area contributed by atoms with Crippen LogP contribution in [0.3, 0.4) is 0 Å². The highest BCUT2D eigenvalue weighted by atomic mass is 35.5. The van der Waals surface area contributed by atoms with Crippen LogP contribution in [-0.2, 0) is 22.6 Å². The predicted molar refractivity (Wildman–Crippen MR) is 149 cm³/mol. The average molecular weight is 597 g/mol. The fraction of sp³-hybridized carbons (Fsp3) is 0.417. The summed E-state index contributed by atoms with van der Waals surface area (Å²) in [6.45, 7) is 1.70. The molecule has 2 aliphatic rings. The quantitative estimate of drug-likeness (QED) is 0.386. The first kappa shape index (κ1) is 28.4. The van der Waals surface area contributed by atoms with E-state index in [0.29, 0.717) is 22.9 Å². The highest BCUT2D eigenvalue weighted by Crippen LogP contribution is 2.34. The van der Waals surface area contributed by atoms with Gasteiger partial charge in [-0.2, -0.15) is 0 Å². The standard InChI is InChI=1S/C24H26ClN7O3S2.ClH/c1-32-8-6-16-18(12-32)37-24(30-16)22(35)29-17-10-13(23-26-7-9-36-23)2-4-15(17)28-20(33)21(34)31-19-5-3-14(25)11-27-19;/h3,5,7,9,11,13,15,17H,2,4,6,8,10,12H2,1H3,(H,28,33)(H,29,35)(H,27,31,34);1H/t13-,15+,17-;/m1./s1. The Morgan fingerprint density at radius 3 is 2.68 bits per heavy atom. The molecule has 3 atom stereocenters. The Hall–Kier alpha value is -2.64. The third-order valence-corrected chi connectivity index (χ3v) is 8.82. The zero-order valence-corrected chi connectivity index (χ0v) is 23.7. The predicted octanol–water partition coefficient (Wildman–Crippen LogP) is 3.25. The molecule has 0 unspecified atom stereocenters. The van der Waals surface area contributed by atoms with Gasteiger partial charge in [0.25, 0.3) is 5.91 Å². The number of anilines is 1. The van der Waals surface area contributed by atoms with Gasteiger partial charge in [-0.1, -0.05) is 11.6 Å². The molecule has 5 rings (SSSR count). The summed E-state index contributed by atoms with van der Waals surface area (Å²) < 4.78 is 0. The van der Waals surface area contributed by atoms with E-state index in [1.54, 1.807) is 23.6 Å². The molecule has 0 aromatic carbocycles. The first-order chi connectivity index (χ1) is 17.9. The number of rotatable bonds is 5. The normalized spacial score (nSPS) is 21.1. The molecule has 0 radical (unpaired) electrons. The maximum atomic E-state index is 13.2. The van der Waals surface area contributed by atoms with Gasteiger partial charge in [0.2, 0.25) is 0 Å². The second kappa shape index (κ2) is 12.5. The van der Waals surface area contributed by atoms with Gasteiger partial charge in [0, 0.05) is 54.1 Å². The molecule has 202 valence electrons. The molecule has 1 aliphatic heterocycles. The molecule has 3 aromatic rings. The highest BCUT2D eigenvalue weighted by Gasteiger charge is 2.36. The summed E-state index contributed by atoms with van der Waals surface area (Å²) in [5.41, 5.74) is 0.981. The Bertz CT molecular complexity index is 1290. The van der Waals surface area contributed by atoms with Crippen LogP contribution in [0.25, 0.3) is 0 Å². The number of hydrogen-bond donors (Lipinski definition) is 3. The lowest BCUT2D eigenvalue weighted by molar-refractivity contribution is -0.136. The van der Waals surface area contributed by atoms with E-state index in [1.165, 1.54) is 23.6 Å². The third kappa shape index (κ3) is 6.67. The molecule has 0 saturated heterocycles. The van der Waals surface area contributed by atoms with Crippen LogP contribution < -0.4 is 16.0 Å². The summed E-state index contributed by atoms with van der Waals surface area (Å²) in [6, 6.07) is 2.28. The maximum Gasteiger partial charge on any atom is 0.314 e. The van der Waals surface area contributed by atoms with Crippen LogP contribution >= 0.6 is 46.7 Å². The molecule has 0 spiro atoms. The number of aromatic nitrogens is 3. The van der Waals surface area contributed by atoms with Crippen molar-refractivity contribution in [3.05, 3.63) is 55.5 Å². The number of pyridine rings is 1. The Balaban J connectivity index is 0.00000336. The van der Waals surface area contributed by atoms with Crippen molar-refractivity contribution < 1.29 is 14.4 Å². The maximum absolute atomic E-state index is 13.2. The number of nitrogens with one attached hydrogen (secondary N) is 3. The van der Waals surface area contributed by atoms with Crippen LogP contribution in [0.4, 0.5) is 5.82 Å². The van der Waals surface area contributed by atoms with Crippen molar-refractivity contribution in [2.24, 2.45) is 0 Å². The summed E-state index contributed by atoms with van der Waals surface area (Å²) in [5, 5.41) is 12.2. The minimum absolute atomic E-state index is 0. The van der Waals surface area contributed by atoms with Gasteiger partial charge in [-0.15, -0.1) is 35.1 Å². The van der Waals surface area contributed by atoms with Crippen molar-refractivity contribution >= 4 is 70.2 Å². The summed E-state index contributed by atoms with van der Waals surface area (Å²) in [7, 11) is 2.05. The number of thiazole rings is 2. The van der Waals surface area contributed by atoms with Crippen LogP contribution in [0.15, 0.2) is 29.9 Å². The topological polar surface area (TPSA) is 129 Å². The van der Waals surface area contributed by atoms with Crippen molar-refractivity contribution in [3.8, 4) is 0 Å². The second-order valence-corrected chi connectivity index (χ2v) is 11.7. The summed E-state index contributed by atoms with van der Waals surface area (Å²) in [4.78, 5) is 54.8. The van der Waals surface area contributed by atoms with Crippen LogP contribution in [0.5, 0.6) is 0 Å². The molecule has 3 aromatic heterocycles. The van der Waals surface area contributed by atoms with E-state index in [1.807, 2.05) is 5.38 Å². The summed E-state index contributed by atoms with van der Waals surface area (Å²) in [6.07, 6.45) is 5.94. The number of halogens is 2. The zero-order chi connectivity index (χ0) is 25.9. The lowest BCUT2D eigenvalue weighted by Gasteiger charge is -2.36. The second-order valence-electron chi connectivity index (χ2n) is 9.23. The number of carbonyl (C=O) groups excluding carboxylic acids is 3. The number of nitrogens with zero attached hydrogens (tertiary/aromatic N) is 4. The molecule has 0 bridgehead atoms. The molecule has 3 amide bonds. The van der Waals surface area contributed by atoms with E-state index >= 15 is 0 Å². The lowest BCUT2D eigenvalue weighted by atomic mass is 9.82. The lowest BCUT2D eigenvalue weighted by Crippen LogP contribution is -2.56. The van der Waals surface area contributed by atoms with Crippen LogP contribution in [0.2, 0.25) is 5.02 Å². The van der Waals surface area contributed by atoms with Crippen molar-refractivity contribution in [2.75, 3.05) is 18.9 Å². The zero-order valence-electron chi connectivity index (χ0n) is 20.5. The Morgan fingerprint density at radius 1 is 1.11 bits per heavy atom. The minimum atomic E-state index is -0.835. The van der Waals surface area contributed by atoms with E-state index in [-0.39, 0.29) is 36.1 Å². The van der Waals surface area contributed by atoms with Gasteiger partial charge in [0.15, 0.2) is 5.01 Å². The molecule has 1 fully saturated rings. The van der Waals surface area contributed by atoms with Crippen LogP contribution in [0, 0.1) is 0 Å². The number of likely N-dealkylation sites (N-methyl/N-ethyl adjacent to an activating group) is 1. The van der Waals surface area contributed by atoms with Gasteiger partial charge >= 0.3 is 11.8 Å². The molecule has 1 aliphatic carbocycles. The largest absolute Gasteiger partial charge is 0.345 e. The average Bonchev–Trinajstić information content (AvgIpc) is 3.56. The Morgan fingerprint density at radius 2 is 1.95 bits per heavy atom. The van der Waals surface area contributed by atoms with Gasteiger partial charge in [-0.25, -0.2) is 15.0 Å². The van der Waals surface area contributed by atoms with E-state index in [9.17, 15) is 14.4 Å². The number of hydrogen-bond acceptors (Lipinski definition) is 9. The van der Waals surface area contributed by atoms with Gasteiger partial charge in [0.1, 0.15) is 5.82 Å². The van der Waals surface area contributed by atoms with Crippen molar-refractivity contribution in [1.82, 2.24) is 30.5 Å². The Labute approximate surface area is 239 Å². The molecular weight excluding hydrogens is 569 g/mol. The fourth-order valence-electron chi connectivity index (χ4n) is 4.67. The van der Waals surface area contributed by atoms with Crippen LogP contribution in [0.1, 0.15) is 50.6 Å². The molecule has 3 N–H and O–H groups in total. The highest BCUT2D eigenvalue weighted by molar-refractivity contribution is 7.13. The van der Waals surface area contributed by atoms with E-state index in [0.717, 1.165) is 41.5 Å². The minimum Gasteiger partial charge on any atom is -0.345 e. The smallest absolute Gasteiger partial charge is 0.314 e. The number of amides is 3. The summed E-state index contributed by atoms with van der Waals surface area (Å²) in [5.74, 6) is -1.51. The first-order valence-electron chi connectivity index (χ1n) is 12.0. The number of fused-ring (bicyclic) bond motifs is 1. The molecular formula is C24H27Cl2N7O3S2. The molecule has 1 saturated carbocycles.